The summed E-state index contributed by atoms with van der Waals surface area (Å²) in [6.45, 7) is 1.08. The van der Waals surface area contributed by atoms with Crippen molar-refractivity contribution < 1.29 is 9.53 Å². The molecule has 1 N–H and O–H groups in total. The van der Waals surface area contributed by atoms with E-state index >= 15 is 0 Å². The molecule has 0 unspecified atom stereocenters. The smallest absolute Gasteiger partial charge is 0.220 e. The first-order valence-electron chi connectivity index (χ1n) is 6.41. The Kier molecular flexibility index (Phi) is 5.64. The van der Waals surface area contributed by atoms with E-state index in [4.69, 9.17) is 4.74 Å². The molecule has 0 aliphatic carbocycles. The number of nitrogens with zero attached hydrogens (tertiary/aromatic N) is 2. The lowest BCUT2D eigenvalue weighted by molar-refractivity contribution is -0.121. The molecule has 106 valence electrons. The summed E-state index contributed by atoms with van der Waals surface area (Å²) in [4.78, 5) is 20.3. The van der Waals surface area contributed by atoms with Gasteiger partial charge in [0.05, 0.1) is 23.0 Å². The molecule has 2 aromatic rings. The van der Waals surface area contributed by atoms with Gasteiger partial charge >= 0.3 is 0 Å². The number of ether oxygens (including phenoxy) is 1. The molecule has 5 nitrogen and oxygen atoms in total. The summed E-state index contributed by atoms with van der Waals surface area (Å²) < 4.78 is 4.88. The lowest BCUT2D eigenvalue weighted by Crippen LogP contribution is -2.27. The molecule has 2 rings (SSSR count). The predicted molar refractivity (Wildman–Crippen MR) is 78.6 cm³/mol. The summed E-state index contributed by atoms with van der Waals surface area (Å²) >= 11 is 1.56. The molecule has 0 aromatic carbocycles. The monoisotopic (exact) mass is 291 g/mol. The Bertz CT molecular complexity index is 542. The first kappa shape index (κ1) is 14.6. The van der Waals surface area contributed by atoms with E-state index in [9.17, 15) is 4.79 Å². The van der Waals surface area contributed by atoms with E-state index in [1.165, 1.54) is 0 Å². The van der Waals surface area contributed by atoms with Crippen LogP contribution >= 0.6 is 11.3 Å². The van der Waals surface area contributed by atoms with Crippen LogP contribution in [0.5, 0.6) is 0 Å². The van der Waals surface area contributed by atoms with Crippen LogP contribution in [-0.4, -0.2) is 36.1 Å². The quantitative estimate of drug-likeness (QED) is 0.791. The minimum atomic E-state index is 0.0247. The highest BCUT2D eigenvalue weighted by Gasteiger charge is 2.07. The number of nitrogens with one attached hydrogen (secondary N) is 1. The van der Waals surface area contributed by atoms with Crippen LogP contribution in [-0.2, 0) is 16.0 Å². The number of pyridine rings is 1. The van der Waals surface area contributed by atoms with Gasteiger partial charge in [0, 0.05) is 38.1 Å². The van der Waals surface area contributed by atoms with Crippen LogP contribution in [0.15, 0.2) is 29.8 Å². The summed E-state index contributed by atoms with van der Waals surface area (Å²) in [5, 5.41) is 5.72. The molecule has 1 amide bonds. The maximum absolute atomic E-state index is 11.6. The van der Waals surface area contributed by atoms with E-state index in [1.807, 2.05) is 23.6 Å². The largest absolute Gasteiger partial charge is 0.383 e. The van der Waals surface area contributed by atoms with Crippen LogP contribution in [0.2, 0.25) is 0 Å². The van der Waals surface area contributed by atoms with Crippen molar-refractivity contribution in [2.75, 3.05) is 20.3 Å². The molecule has 0 bridgehead atoms. The maximum atomic E-state index is 11.6. The van der Waals surface area contributed by atoms with Crippen molar-refractivity contribution in [3.63, 3.8) is 0 Å². The molecule has 0 aliphatic rings. The highest BCUT2D eigenvalue weighted by molar-refractivity contribution is 7.09. The fourth-order valence-electron chi connectivity index (χ4n) is 1.66. The Balaban J connectivity index is 1.83. The zero-order valence-corrected chi connectivity index (χ0v) is 12.2. The Morgan fingerprint density at radius 2 is 2.30 bits per heavy atom. The molecule has 0 saturated carbocycles. The van der Waals surface area contributed by atoms with Gasteiger partial charge in [-0.05, 0) is 12.1 Å². The standard InChI is InChI=1S/C14H17N3O2S/c1-19-9-8-16-13(18)5-6-14-17-12(10-20-14)11-4-2-3-7-15-11/h2-4,7,10H,5-6,8-9H2,1H3,(H,16,18). The second-order valence-electron chi connectivity index (χ2n) is 4.18. The number of thiazole rings is 1. The summed E-state index contributed by atoms with van der Waals surface area (Å²) in [7, 11) is 1.61. The summed E-state index contributed by atoms with van der Waals surface area (Å²) in [5.41, 5.74) is 1.73. The summed E-state index contributed by atoms with van der Waals surface area (Å²) in [6.07, 6.45) is 2.84. The third-order valence-electron chi connectivity index (χ3n) is 2.67. The molecule has 6 heteroatoms. The fraction of sp³-hybridized carbons (Fsp3) is 0.357. The van der Waals surface area contributed by atoms with Crippen molar-refractivity contribution in [2.45, 2.75) is 12.8 Å². The van der Waals surface area contributed by atoms with E-state index in [2.05, 4.69) is 15.3 Å². The van der Waals surface area contributed by atoms with Crippen LogP contribution in [0.4, 0.5) is 0 Å². The molecule has 0 fully saturated rings. The molecule has 20 heavy (non-hydrogen) atoms. The van der Waals surface area contributed by atoms with Crippen LogP contribution < -0.4 is 5.32 Å². The zero-order chi connectivity index (χ0) is 14.2. The number of aromatic nitrogens is 2. The van der Waals surface area contributed by atoms with Gasteiger partial charge in [-0.15, -0.1) is 11.3 Å². The Labute approximate surface area is 122 Å². The van der Waals surface area contributed by atoms with E-state index < -0.39 is 0 Å². The number of hydrogen-bond acceptors (Lipinski definition) is 5. The first-order chi connectivity index (χ1) is 9.79. The molecule has 0 atom stereocenters. The number of carbonyl (C=O) groups excluding carboxylic acids is 1. The van der Waals surface area contributed by atoms with Gasteiger partial charge in [0.25, 0.3) is 0 Å². The van der Waals surface area contributed by atoms with Gasteiger partial charge in [0.1, 0.15) is 0 Å². The van der Waals surface area contributed by atoms with Gasteiger partial charge in [-0.3, -0.25) is 9.78 Å². The van der Waals surface area contributed by atoms with Crippen LogP contribution in [0, 0.1) is 0 Å². The summed E-state index contributed by atoms with van der Waals surface area (Å²) in [5.74, 6) is 0.0247. The van der Waals surface area contributed by atoms with Crippen molar-refractivity contribution in [1.29, 1.82) is 0 Å². The Morgan fingerprint density at radius 1 is 1.40 bits per heavy atom. The van der Waals surface area contributed by atoms with Crippen LogP contribution in [0.3, 0.4) is 0 Å². The predicted octanol–water partition coefficient (Wildman–Crippen LogP) is 1.90. The van der Waals surface area contributed by atoms with E-state index in [0.29, 0.717) is 26.0 Å². The second-order valence-corrected chi connectivity index (χ2v) is 5.13. The fourth-order valence-corrected chi connectivity index (χ4v) is 2.45. The average Bonchev–Trinajstić information content (AvgIpc) is 2.95. The lowest BCUT2D eigenvalue weighted by atomic mass is 10.3. The minimum Gasteiger partial charge on any atom is -0.383 e. The highest BCUT2D eigenvalue weighted by Crippen LogP contribution is 2.20. The van der Waals surface area contributed by atoms with Gasteiger partial charge in [-0.2, -0.15) is 0 Å². The van der Waals surface area contributed by atoms with E-state index in [-0.39, 0.29) is 5.91 Å². The molecule has 0 aliphatic heterocycles. The van der Waals surface area contributed by atoms with Crippen molar-refractivity contribution in [1.82, 2.24) is 15.3 Å². The molecule has 2 heterocycles. The molecule has 0 radical (unpaired) electrons. The number of hydrogen-bond donors (Lipinski definition) is 1. The number of carbonyl (C=O) groups is 1. The van der Waals surface area contributed by atoms with Crippen molar-refractivity contribution in [2.24, 2.45) is 0 Å². The highest BCUT2D eigenvalue weighted by atomic mass is 32.1. The second kappa shape index (κ2) is 7.72. The molecule has 0 spiro atoms. The Hall–Kier alpha value is -1.79. The molecule has 0 saturated heterocycles. The van der Waals surface area contributed by atoms with Gasteiger partial charge in [-0.25, -0.2) is 4.98 Å². The normalized spacial score (nSPS) is 10.4. The average molecular weight is 291 g/mol. The minimum absolute atomic E-state index is 0.0247. The van der Waals surface area contributed by atoms with Crippen LogP contribution in [0.1, 0.15) is 11.4 Å². The number of aryl methyl sites for hydroxylation is 1. The van der Waals surface area contributed by atoms with E-state index in [0.717, 1.165) is 16.4 Å². The number of methoxy groups -OCH3 is 1. The third-order valence-corrected chi connectivity index (χ3v) is 3.58. The Morgan fingerprint density at radius 3 is 3.05 bits per heavy atom. The van der Waals surface area contributed by atoms with Gasteiger partial charge in [0.2, 0.25) is 5.91 Å². The van der Waals surface area contributed by atoms with Gasteiger partial charge in [-0.1, -0.05) is 6.07 Å². The zero-order valence-electron chi connectivity index (χ0n) is 11.3. The van der Waals surface area contributed by atoms with Crippen molar-refractivity contribution in [3.05, 3.63) is 34.8 Å². The van der Waals surface area contributed by atoms with E-state index in [1.54, 1.807) is 24.6 Å². The molecule has 2 aromatic heterocycles. The van der Waals surface area contributed by atoms with Crippen LogP contribution in [0.25, 0.3) is 11.4 Å². The van der Waals surface area contributed by atoms with Gasteiger partial charge < -0.3 is 10.1 Å². The number of rotatable bonds is 7. The molecular formula is C14H17N3O2S. The maximum Gasteiger partial charge on any atom is 0.220 e. The van der Waals surface area contributed by atoms with Crippen molar-refractivity contribution >= 4 is 17.2 Å². The SMILES string of the molecule is COCCNC(=O)CCc1nc(-c2ccccn2)cs1. The molecular weight excluding hydrogens is 274 g/mol. The van der Waals surface area contributed by atoms with Crippen molar-refractivity contribution in [3.8, 4) is 11.4 Å². The number of amides is 1. The summed E-state index contributed by atoms with van der Waals surface area (Å²) in [6, 6.07) is 5.74. The third kappa shape index (κ3) is 4.40. The first-order valence-corrected chi connectivity index (χ1v) is 7.29. The van der Waals surface area contributed by atoms with Gasteiger partial charge in [0.15, 0.2) is 0 Å². The lowest BCUT2D eigenvalue weighted by Gasteiger charge is -2.02. The topological polar surface area (TPSA) is 64.1 Å².